The van der Waals surface area contributed by atoms with Gasteiger partial charge in [0, 0.05) is 5.56 Å². The zero-order chi connectivity index (χ0) is 16.5. The highest BCUT2D eigenvalue weighted by atomic mass is 32.1. The second-order valence-corrected chi connectivity index (χ2v) is 6.64. The number of benzene rings is 1. The highest BCUT2D eigenvalue weighted by Gasteiger charge is 2.27. The van der Waals surface area contributed by atoms with Crippen LogP contribution < -0.4 is 5.32 Å². The summed E-state index contributed by atoms with van der Waals surface area (Å²) in [5.41, 5.74) is 2.17. The number of nitrogens with one attached hydrogen (secondary N) is 2. The van der Waals surface area contributed by atoms with Gasteiger partial charge in [0.2, 0.25) is 0 Å². The first-order chi connectivity index (χ1) is 11.7. The minimum atomic E-state index is -0.266. The van der Waals surface area contributed by atoms with Gasteiger partial charge in [0.15, 0.2) is 5.69 Å². The summed E-state index contributed by atoms with van der Waals surface area (Å²) in [6.45, 7) is 0. The first-order valence-corrected chi connectivity index (χ1v) is 8.44. The van der Waals surface area contributed by atoms with Gasteiger partial charge in [0.05, 0.1) is 22.8 Å². The van der Waals surface area contributed by atoms with Gasteiger partial charge in [-0.25, -0.2) is 9.37 Å². The van der Waals surface area contributed by atoms with Gasteiger partial charge in [-0.1, -0.05) is 0 Å². The van der Waals surface area contributed by atoms with Gasteiger partial charge in [0.25, 0.3) is 5.91 Å². The molecule has 3 aromatic rings. The predicted octanol–water partition coefficient (Wildman–Crippen LogP) is 2.87. The molecule has 24 heavy (non-hydrogen) atoms. The second kappa shape index (κ2) is 6.12. The van der Waals surface area contributed by atoms with Crippen molar-refractivity contribution in [3.05, 3.63) is 52.5 Å². The molecule has 0 aliphatic heterocycles. The molecule has 122 valence electrons. The van der Waals surface area contributed by atoms with Crippen molar-refractivity contribution in [1.29, 1.82) is 0 Å². The molecule has 1 amide bonds. The molecule has 0 unspecified atom stereocenters. The van der Waals surface area contributed by atoms with Crippen LogP contribution in [0.2, 0.25) is 0 Å². The van der Waals surface area contributed by atoms with Crippen LogP contribution in [-0.4, -0.2) is 26.3 Å². The van der Waals surface area contributed by atoms with Crippen LogP contribution in [0, 0.1) is 5.82 Å². The van der Waals surface area contributed by atoms with E-state index in [0.717, 1.165) is 40.4 Å². The highest BCUT2D eigenvalue weighted by molar-refractivity contribution is 7.15. The number of halogens is 1. The number of nitrogens with zero attached hydrogens (tertiary/aromatic N) is 3. The summed E-state index contributed by atoms with van der Waals surface area (Å²) in [7, 11) is 0. The van der Waals surface area contributed by atoms with Crippen molar-refractivity contribution in [3.8, 4) is 10.6 Å². The van der Waals surface area contributed by atoms with Gasteiger partial charge in [-0.05, 0) is 43.5 Å². The molecule has 0 radical (unpaired) electrons. The van der Waals surface area contributed by atoms with Gasteiger partial charge in [0.1, 0.15) is 10.8 Å². The quantitative estimate of drug-likeness (QED) is 0.766. The molecule has 2 heterocycles. The average molecular weight is 343 g/mol. The lowest BCUT2D eigenvalue weighted by molar-refractivity contribution is 0.0928. The molecule has 0 saturated carbocycles. The fourth-order valence-corrected chi connectivity index (χ4v) is 4.02. The number of fused-ring (bicyclic) bond motifs is 1. The molecule has 0 fully saturated rings. The van der Waals surface area contributed by atoms with E-state index in [1.165, 1.54) is 18.3 Å². The molecule has 4 rings (SSSR count). The van der Waals surface area contributed by atoms with Crippen LogP contribution in [0.25, 0.3) is 10.6 Å². The number of aromatic nitrogens is 4. The van der Waals surface area contributed by atoms with Crippen molar-refractivity contribution in [2.75, 3.05) is 0 Å². The van der Waals surface area contributed by atoms with Crippen molar-refractivity contribution in [1.82, 2.24) is 25.7 Å². The number of H-pyrrole nitrogens is 1. The Morgan fingerprint density at radius 2 is 2.17 bits per heavy atom. The third-order valence-electron chi connectivity index (χ3n) is 3.99. The smallest absolute Gasteiger partial charge is 0.273 e. The maximum Gasteiger partial charge on any atom is 0.273 e. The first kappa shape index (κ1) is 14.9. The predicted molar refractivity (Wildman–Crippen MR) is 87.0 cm³/mol. The lowest BCUT2D eigenvalue weighted by Crippen LogP contribution is -2.30. The molecule has 0 saturated heterocycles. The number of thiazole rings is 1. The summed E-state index contributed by atoms with van der Waals surface area (Å²) < 4.78 is 13.1. The van der Waals surface area contributed by atoms with E-state index in [1.807, 2.05) is 0 Å². The lowest BCUT2D eigenvalue weighted by atomic mass is 9.98. The molecule has 0 bridgehead atoms. The van der Waals surface area contributed by atoms with Crippen molar-refractivity contribution in [2.24, 2.45) is 0 Å². The van der Waals surface area contributed by atoms with E-state index in [0.29, 0.717) is 0 Å². The van der Waals surface area contributed by atoms with Crippen LogP contribution in [0.15, 0.2) is 30.5 Å². The third-order valence-corrected chi connectivity index (χ3v) is 5.25. The molecule has 1 aliphatic carbocycles. The zero-order valence-corrected chi connectivity index (χ0v) is 13.4. The molecule has 2 aromatic heterocycles. The minimum absolute atomic E-state index is 0.0790. The number of hydrogen-bond acceptors (Lipinski definition) is 5. The minimum Gasteiger partial charge on any atom is -0.343 e. The van der Waals surface area contributed by atoms with Crippen LogP contribution in [0.3, 0.4) is 0 Å². The largest absolute Gasteiger partial charge is 0.343 e. The number of carbonyl (C=O) groups excluding carboxylic acids is 1. The number of amides is 1. The highest BCUT2D eigenvalue weighted by Crippen LogP contribution is 2.38. The van der Waals surface area contributed by atoms with Gasteiger partial charge >= 0.3 is 0 Å². The maximum absolute atomic E-state index is 13.1. The van der Waals surface area contributed by atoms with Crippen LogP contribution >= 0.6 is 11.3 Å². The van der Waals surface area contributed by atoms with Crippen LogP contribution in [0.5, 0.6) is 0 Å². The lowest BCUT2D eigenvalue weighted by Gasteiger charge is -2.21. The van der Waals surface area contributed by atoms with Gasteiger partial charge in [-0.2, -0.15) is 15.4 Å². The summed E-state index contributed by atoms with van der Waals surface area (Å²) in [5.74, 6) is -0.517. The number of aromatic amines is 1. The van der Waals surface area contributed by atoms with Gasteiger partial charge in [-0.15, -0.1) is 11.3 Å². The Hall–Kier alpha value is -2.61. The Morgan fingerprint density at radius 3 is 2.92 bits per heavy atom. The monoisotopic (exact) mass is 343 g/mol. The van der Waals surface area contributed by atoms with E-state index in [1.54, 1.807) is 23.5 Å². The summed E-state index contributed by atoms with van der Waals surface area (Å²) >= 11 is 1.55. The van der Waals surface area contributed by atoms with Crippen LogP contribution in [0.1, 0.15) is 39.9 Å². The van der Waals surface area contributed by atoms with Crippen LogP contribution in [0.4, 0.5) is 4.39 Å². The average Bonchev–Trinajstić information content (AvgIpc) is 3.25. The second-order valence-electron chi connectivity index (χ2n) is 5.61. The fourth-order valence-electron chi connectivity index (χ4n) is 2.82. The van der Waals surface area contributed by atoms with Gasteiger partial charge < -0.3 is 5.32 Å². The van der Waals surface area contributed by atoms with Crippen molar-refractivity contribution in [2.45, 2.75) is 25.3 Å². The first-order valence-electron chi connectivity index (χ1n) is 7.63. The molecule has 8 heteroatoms. The maximum atomic E-state index is 13.1. The standard InChI is InChI=1S/C16H14FN5OS/c17-10-6-4-9(5-7-10)16-20-12-3-1-2-11(14(12)24-16)19-15(23)13-8-18-22-21-13/h4-8,11H,1-3H2,(H,19,23)(H,18,21,22)/t11-/m1/s1. The van der Waals surface area contributed by atoms with E-state index >= 15 is 0 Å². The Labute approximate surface area is 141 Å². The normalized spacial score (nSPS) is 16.6. The van der Waals surface area contributed by atoms with E-state index < -0.39 is 0 Å². The van der Waals surface area contributed by atoms with Crippen molar-refractivity contribution >= 4 is 17.2 Å². The number of carbonyl (C=O) groups is 1. The molecular weight excluding hydrogens is 329 g/mol. The molecule has 2 N–H and O–H groups in total. The summed E-state index contributed by atoms with van der Waals surface area (Å²) in [4.78, 5) is 18.0. The Balaban J connectivity index is 1.60. The SMILES string of the molecule is O=C(N[C@@H]1CCCc2nc(-c3ccc(F)cc3)sc21)c1cn[nH]n1. The van der Waals surface area contributed by atoms with E-state index in [4.69, 9.17) is 0 Å². The number of hydrogen-bond donors (Lipinski definition) is 2. The molecular formula is C16H14FN5OS. The molecule has 1 aliphatic rings. The molecule has 0 spiro atoms. The molecule has 6 nitrogen and oxygen atoms in total. The van der Waals surface area contributed by atoms with Crippen molar-refractivity contribution < 1.29 is 9.18 Å². The summed E-state index contributed by atoms with van der Waals surface area (Å²) in [6, 6.07) is 6.23. The zero-order valence-electron chi connectivity index (χ0n) is 12.6. The van der Waals surface area contributed by atoms with Crippen molar-refractivity contribution in [3.63, 3.8) is 0 Å². The van der Waals surface area contributed by atoms with E-state index in [2.05, 4.69) is 25.7 Å². The summed E-state index contributed by atoms with van der Waals surface area (Å²) in [6.07, 6.45) is 4.12. The third kappa shape index (κ3) is 2.80. The Kier molecular flexibility index (Phi) is 3.81. The van der Waals surface area contributed by atoms with E-state index in [9.17, 15) is 9.18 Å². The summed E-state index contributed by atoms with van der Waals surface area (Å²) in [5, 5.41) is 13.7. The number of aryl methyl sites for hydroxylation is 1. The van der Waals surface area contributed by atoms with Gasteiger partial charge in [-0.3, -0.25) is 4.79 Å². The number of rotatable bonds is 3. The van der Waals surface area contributed by atoms with Crippen LogP contribution in [-0.2, 0) is 6.42 Å². The van der Waals surface area contributed by atoms with E-state index in [-0.39, 0.29) is 23.5 Å². The fraction of sp³-hybridized carbons (Fsp3) is 0.250. The Bertz CT molecular complexity index is 859. The topological polar surface area (TPSA) is 83.6 Å². The molecule has 1 atom stereocenters. The molecule has 1 aromatic carbocycles. The Morgan fingerprint density at radius 1 is 1.33 bits per heavy atom.